The number of rotatable bonds is 2. The zero-order valence-corrected chi connectivity index (χ0v) is 10.8. The van der Waals surface area contributed by atoms with Crippen molar-refractivity contribution in [2.24, 2.45) is 0 Å². The Morgan fingerprint density at radius 3 is 2.83 bits per heavy atom. The fourth-order valence-electron chi connectivity index (χ4n) is 2.06. The van der Waals surface area contributed by atoms with Gasteiger partial charge in [-0.3, -0.25) is 4.79 Å². The van der Waals surface area contributed by atoms with Gasteiger partial charge in [-0.2, -0.15) is 0 Å². The van der Waals surface area contributed by atoms with E-state index < -0.39 is 0 Å². The molecule has 0 radical (unpaired) electrons. The van der Waals surface area contributed by atoms with Crippen molar-refractivity contribution < 1.29 is 9.53 Å². The lowest BCUT2D eigenvalue weighted by Crippen LogP contribution is -2.35. The molecule has 1 amide bonds. The molecule has 2 N–H and O–H groups in total. The van der Waals surface area contributed by atoms with Gasteiger partial charge in [0.2, 0.25) is 0 Å². The highest BCUT2D eigenvalue weighted by atomic mass is 16.5. The number of carbonyl (C=O) groups excluding carboxylic acids is 1. The first-order valence-electron chi connectivity index (χ1n) is 6.01. The van der Waals surface area contributed by atoms with Crippen molar-refractivity contribution in [1.82, 2.24) is 4.90 Å². The van der Waals surface area contributed by atoms with Gasteiger partial charge in [-0.25, -0.2) is 0 Å². The summed E-state index contributed by atoms with van der Waals surface area (Å²) in [6.07, 6.45) is 2.99. The Bertz CT molecular complexity index is 495. The predicted octanol–water partition coefficient (Wildman–Crippen LogP) is 2.07. The molecule has 0 unspecified atom stereocenters. The number of amides is 1. The number of nitrogen functional groups attached to an aromatic ring is 1. The van der Waals surface area contributed by atoms with Crippen LogP contribution >= 0.6 is 0 Å². The van der Waals surface area contributed by atoms with Gasteiger partial charge >= 0.3 is 0 Å². The molecule has 96 valence electrons. The van der Waals surface area contributed by atoms with Crippen LogP contribution in [0.15, 0.2) is 29.8 Å². The summed E-state index contributed by atoms with van der Waals surface area (Å²) in [5.41, 5.74) is 8.14. The number of carbonyl (C=O) groups is 1. The number of nitrogens with zero attached hydrogens (tertiary/aromatic N) is 1. The minimum Gasteiger partial charge on any atom is -0.496 e. The molecular formula is C14H18N2O2. The number of benzene rings is 1. The highest BCUT2D eigenvalue weighted by Gasteiger charge is 2.22. The Hall–Kier alpha value is -1.97. The first-order valence-corrected chi connectivity index (χ1v) is 6.01. The third kappa shape index (κ3) is 2.32. The van der Waals surface area contributed by atoms with E-state index in [-0.39, 0.29) is 5.91 Å². The number of hydrogen-bond acceptors (Lipinski definition) is 3. The number of hydrogen-bond donors (Lipinski definition) is 1. The zero-order valence-electron chi connectivity index (χ0n) is 10.8. The largest absolute Gasteiger partial charge is 0.496 e. The molecule has 0 fully saturated rings. The Morgan fingerprint density at radius 2 is 2.22 bits per heavy atom. The number of methoxy groups -OCH3 is 1. The number of nitrogens with two attached hydrogens (primary N) is 1. The summed E-state index contributed by atoms with van der Waals surface area (Å²) in [4.78, 5) is 14.2. The molecule has 4 heteroatoms. The van der Waals surface area contributed by atoms with Crippen molar-refractivity contribution in [3.63, 3.8) is 0 Å². The van der Waals surface area contributed by atoms with Gasteiger partial charge in [-0.05, 0) is 25.5 Å². The van der Waals surface area contributed by atoms with Crippen molar-refractivity contribution in [2.45, 2.75) is 13.3 Å². The van der Waals surface area contributed by atoms with E-state index in [1.165, 1.54) is 5.57 Å². The molecule has 0 saturated heterocycles. The number of anilines is 1. The summed E-state index contributed by atoms with van der Waals surface area (Å²) in [7, 11) is 1.55. The van der Waals surface area contributed by atoms with Crippen LogP contribution < -0.4 is 10.5 Å². The summed E-state index contributed by atoms with van der Waals surface area (Å²) in [6.45, 7) is 3.46. The normalized spacial score (nSPS) is 15.2. The molecule has 0 bridgehead atoms. The SMILES string of the molecule is COc1cccc(N)c1C(=O)N1CC=C(C)CC1. The molecule has 0 saturated carbocycles. The van der Waals surface area contributed by atoms with E-state index in [0.717, 1.165) is 13.0 Å². The van der Waals surface area contributed by atoms with Crippen LogP contribution in [0.5, 0.6) is 5.75 Å². The average Bonchev–Trinajstić information content (AvgIpc) is 2.38. The fourth-order valence-corrected chi connectivity index (χ4v) is 2.06. The van der Waals surface area contributed by atoms with Crippen LogP contribution in [0, 0.1) is 0 Å². The average molecular weight is 246 g/mol. The molecule has 0 aliphatic carbocycles. The predicted molar refractivity (Wildman–Crippen MR) is 71.7 cm³/mol. The molecule has 1 heterocycles. The van der Waals surface area contributed by atoms with E-state index in [9.17, 15) is 4.79 Å². The molecule has 1 aliphatic heterocycles. The smallest absolute Gasteiger partial charge is 0.260 e. The summed E-state index contributed by atoms with van der Waals surface area (Å²) in [5.74, 6) is 0.472. The fraction of sp³-hybridized carbons (Fsp3) is 0.357. The molecule has 18 heavy (non-hydrogen) atoms. The van der Waals surface area contributed by atoms with Gasteiger partial charge in [-0.15, -0.1) is 0 Å². The van der Waals surface area contributed by atoms with Crippen molar-refractivity contribution in [1.29, 1.82) is 0 Å². The second-order valence-corrected chi connectivity index (χ2v) is 4.48. The van der Waals surface area contributed by atoms with Crippen LogP contribution in [-0.2, 0) is 0 Å². The Morgan fingerprint density at radius 1 is 1.44 bits per heavy atom. The lowest BCUT2D eigenvalue weighted by Gasteiger charge is -2.26. The molecule has 1 aromatic carbocycles. The summed E-state index contributed by atoms with van der Waals surface area (Å²) in [5, 5.41) is 0. The molecular weight excluding hydrogens is 228 g/mol. The molecule has 0 atom stereocenters. The van der Waals surface area contributed by atoms with Gasteiger partial charge in [0, 0.05) is 18.8 Å². The van der Waals surface area contributed by atoms with Gasteiger partial charge in [0.05, 0.1) is 7.11 Å². The molecule has 0 aromatic heterocycles. The number of ether oxygens (including phenoxy) is 1. The molecule has 1 aliphatic rings. The van der Waals surface area contributed by atoms with Crippen LogP contribution in [-0.4, -0.2) is 31.0 Å². The standard InChI is InChI=1S/C14H18N2O2/c1-10-6-8-16(9-7-10)14(17)13-11(15)4-3-5-12(13)18-2/h3-6H,7-9,15H2,1-2H3. The molecule has 4 nitrogen and oxygen atoms in total. The maximum absolute atomic E-state index is 12.4. The minimum atomic E-state index is -0.0614. The highest BCUT2D eigenvalue weighted by Crippen LogP contribution is 2.26. The second kappa shape index (κ2) is 5.12. The summed E-state index contributed by atoms with van der Waals surface area (Å²) in [6, 6.07) is 5.26. The lowest BCUT2D eigenvalue weighted by atomic mass is 10.1. The summed E-state index contributed by atoms with van der Waals surface area (Å²) >= 11 is 0. The molecule has 1 aromatic rings. The van der Waals surface area contributed by atoms with Gasteiger partial charge in [0.25, 0.3) is 5.91 Å². The van der Waals surface area contributed by atoms with Crippen molar-refractivity contribution in [3.8, 4) is 5.75 Å². The first-order chi connectivity index (χ1) is 8.63. The monoisotopic (exact) mass is 246 g/mol. The van der Waals surface area contributed by atoms with Gasteiger partial charge in [0.1, 0.15) is 11.3 Å². The van der Waals surface area contributed by atoms with E-state index in [1.807, 2.05) is 0 Å². The maximum Gasteiger partial charge on any atom is 0.260 e. The van der Waals surface area contributed by atoms with Crippen molar-refractivity contribution >= 4 is 11.6 Å². The Labute approximate surface area is 107 Å². The van der Waals surface area contributed by atoms with E-state index in [0.29, 0.717) is 23.5 Å². The topological polar surface area (TPSA) is 55.6 Å². The van der Waals surface area contributed by atoms with Crippen LogP contribution in [0.1, 0.15) is 23.7 Å². The van der Waals surface area contributed by atoms with Crippen LogP contribution in [0.3, 0.4) is 0 Å². The Balaban J connectivity index is 2.29. The third-order valence-electron chi connectivity index (χ3n) is 3.22. The van der Waals surface area contributed by atoms with Gasteiger partial charge in [0.15, 0.2) is 0 Å². The van der Waals surface area contributed by atoms with Gasteiger partial charge in [-0.1, -0.05) is 17.7 Å². The van der Waals surface area contributed by atoms with E-state index >= 15 is 0 Å². The Kier molecular flexibility index (Phi) is 3.55. The maximum atomic E-state index is 12.4. The minimum absolute atomic E-state index is 0.0614. The van der Waals surface area contributed by atoms with E-state index in [4.69, 9.17) is 10.5 Å². The summed E-state index contributed by atoms with van der Waals surface area (Å²) < 4.78 is 5.22. The van der Waals surface area contributed by atoms with E-state index in [1.54, 1.807) is 30.2 Å². The van der Waals surface area contributed by atoms with Crippen molar-refractivity contribution in [2.75, 3.05) is 25.9 Å². The zero-order chi connectivity index (χ0) is 13.1. The highest BCUT2D eigenvalue weighted by molar-refractivity contribution is 6.02. The lowest BCUT2D eigenvalue weighted by molar-refractivity contribution is 0.0767. The quantitative estimate of drug-likeness (QED) is 0.642. The van der Waals surface area contributed by atoms with Crippen molar-refractivity contribution in [3.05, 3.63) is 35.4 Å². The first kappa shape index (κ1) is 12.5. The van der Waals surface area contributed by atoms with Crippen LogP contribution in [0.4, 0.5) is 5.69 Å². The third-order valence-corrected chi connectivity index (χ3v) is 3.22. The molecule has 2 rings (SSSR count). The van der Waals surface area contributed by atoms with Crippen LogP contribution in [0.2, 0.25) is 0 Å². The van der Waals surface area contributed by atoms with E-state index in [2.05, 4.69) is 13.0 Å². The molecule has 0 spiro atoms. The van der Waals surface area contributed by atoms with Crippen LogP contribution in [0.25, 0.3) is 0 Å². The second-order valence-electron chi connectivity index (χ2n) is 4.48. The van der Waals surface area contributed by atoms with Gasteiger partial charge < -0.3 is 15.4 Å².